The van der Waals surface area contributed by atoms with E-state index < -0.39 is 21.5 Å². The van der Waals surface area contributed by atoms with Gasteiger partial charge in [0, 0.05) is 29.7 Å². The van der Waals surface area contributed by atoms with Gasteiger partial charge in [-0.25, -0.2) is 13.4 Å². The molecule has 0 radical (unpaired) electrons. The molecule has 8 heteroatoms. The highest BCUT2D eigenvalue weighted by Gasteiger charge is 2.29. The van der Waals surface area contributed by atoms with E-state index in [1.54, 1.807) is 17.5 Å². The normalized spacial score (nSPS) is 14.2. The fraction of sp³-hybridized carbons (Fsp3) is 0.231. The fourth-order valence-corrected chi connectivity index (χ4v) is 4.56. The van der Waals surface area contributed by atoms with Gasteiger partial charge in [-0.2, -0.15) is 0 Å². The predicted molar refractivity (Wildman–Crippen MR) is 79.9 cm³/mol. The van der Waals surface area contributed by atoms with Crippen LogP contribution in [0.3, 0.4) is 0 Å². The molecule has 0 atom stereocenters. The predicted octanol–water partition coefficient (Wildman–Crippen LogP) is 2.11. The van der Waals surface area contributed by atoms with E-state index in [0.29, 0.717) is 18.1 Å². The van der Waals surface area contributed by atoms with Crippen molar-refractivity contribution in [2.24, 2.45) is 0 Å². The van der Waals surface area contributed by atoms with E-state index in [0.717, 1.165) is 22.5 Å². The van der Waals surface area contributed by atoms with Gasteiger partial charge in [0.2, 0.25) is 20.1 Å². The molecule has 2 heterocycles. The monoisotopic (exact) mass is 342 g/mol. The molecule has 0 saturated heterocycles. The maximum atomic E-state index is 12.2. The Hall–Kier alpha value is -1.44. The zero-order chi connectivity index (χ0) is 15.0. The van der Waals surface area contributed by atoms with Crippen molar-refractivity contribution < 1.29 is 13.2 Å². The maximum absolute atomic E-state index is 12.2. The van der Waals surface area contributed by atoms with Crippen LogP contribution in [0, 0.1) is 0 Å². The second-order valence-corrected chi connectivity index (χ2v) is 8.21. The molecule has 1 aromatic carbocycles. The van der Waals surface area contributed by atoms with Crippen LogP contribution in [0.15, 0.2) is 34.1 Å². The molecule has 0 N–H and O–H groups in total. The average Bonchev–Trinajstić information content (AvgIpc) is 3.07. The summed E-state index contributed by atoms with van der Waals surface area (Å²) in [7, 11) is -3.66. The molecule has 3 rings (SSSR count). The van der Waals surface area contributed by atoms with Crippen molar-refractivity contribution in [3.63, 3.8) is 0 Å². The third-order valence-corrected chi connectivity index (χ3v) is 6.35. The number of benzene rings is 1. The lowest BCUT2D eigenvalue weighted by Gasteiger charge is -2.14. The van der Waals surface area contributed by atoms with Gasteiger partial charge in [0.25, 0.3) is 0 Å². The summed E-state index contributed by atoms with van der Waals surface area (Å²) >= 11 is 6.93. The molecule has 2 aromatic rings. The lowest BCUT2D eigenvalue weighted by Crippen LogP contribution is -2.31. The van der Waals surface area contributed by atoms with Crippen LogP contribution in [0.1, 0.15) is 11.1 Å². The highest BCUT2D eigenvalue weighted by Crippen LogP contribution is 2.26. The summed E-state index contributed by atoms with van der Waals surface area (Å²) in [6.07, 6.45) is 1.41. The molecule has 0 bridgehead atoms. The zero-order valence-electron chi connectivity index (χ0n) is 10.8. The number of carbonyl (C=O) groups excluding carboxylic acids is 1. The van der Waals surface area contributed by atoms with Crippen LogP contribution in [0.2, 0.25) is 5.02 Å². The third-order valence-electron chi connectivity index (χ3n) is 3.23. The lowest BCUT2D eigenvalue weighted by molar-refractivity contribution is -0.129. The Morgan fingerprint density at radius 2 is 2.10 bits per heavy atom. The van der Waals surface area contributed by atoms with Crippen LogP contribution in [-0.2, 0) is 27.7 Å². The average molecular weight is 343 g/mol. The number of hydrogen-bond donors (Lipinski definition) is 0. The first-order valence-electron chi connectivity index (χ1n) is 6.13. The first-order chi connectivity index (χ1) is 9.95. The molecule has 21 heavy (non-hydrogen) atoms. The van der Waals surface area contributed by atoms with Gasteiger partial charge in [0.1, 0.15) is 5.75 Å². The number of sulfone groups is 1. The first-order valence-corrected chi connectivity index (χ1v) is 9.04. The second-order valence-electron chi connectivity index (χ2n) is 4.72. The smallest absolute Gasteiger partial charge is 0.238 e. The van der Waals surface area contributed by atoms with Gasteiger partial charge in [-0.1, -0.05) is 17.7 Å². The summed E-state index contributed by atoms with van der Waals surface area (Å²) in [6, 6.07) is 5.43. The molecule has 1 aromatic heterocycles. The molecule has 0 aliphatic carbocycles. The third kappa shape index (κ3) is 2.95. The Kier molecular flexibility index (Phi) is 3.73. The van der Waals surface area contributed by atoms with Gasteiger partial charge in [0.15, 0.2) is 0 Å². The van der Waals surface area contributed by atoms with Gasteiger partial charge < -0.3 is 4.90 Å². The van der Waals surface area contributed by atoms with E-state index in [9.17, 15) is 13.2 Å². The number of carbonyl (C=O) groups is 1. The molecule has 1 amide bonds. The molecule has 5 nitrogen and oxygen atoms in total. The molecule has 0 spiro atoms. The Labute approximate surface area is 131 Å². The summed E-state index contributed by atoms with van der Waals surface area (Å²) < 4.78 is 24.1. The van der Waals surface area contributed by atoms with Gasteiger partial charge in [-0.3, -0.25) is 4.79 Å². The number of amides is 1. The summed E-state index contributed by atoms with van der Waals surface area (Å²) in [5.41, 5.74) is 1.96. The Morgan fingerprint density at radius 1 is 1.33 bits per heavy atom. The van der Waals surface area contributed by atoms with Crippen LogP contribution in [-0.4, -0.2) is 30.0 Å². The van der Waals surface area contributed by atoms with Gasteiger partial charge in [0.05, 0.1) is 0 Å². The highest BCUT2D eigenvalue weighted by atomic mass is 35.5. The van der Waals surface area contributed by atoms with Crippen LogP contribution < -0.4 is 0 Å². The van der Waals surface area contributed by atoms with E-state index in [-0.39, 0.29) is 4.34 Å². The SMILES string of the molecule is O=C(CS(=O)(=O)c1nccs1)N1Cc2ccc(Cl)cc2C1. The molecule has 0 unspecified atom stereocenters. The molecular formula is C13H11ClN2O3S2. The standard InChI is InChI=1S/C13H11ClN2O3S2/c14-11-2-1-9-6-16(7-10(9)5-11)12(17)8-21(18,19)13-15-3-4-20-13/h1-5H,6-8H2. The van der Waals surface area contributed by atoms with Crippen LogP contribution >= 0.6 is 22.9 Å². The van der Waals surface area contributed by atoms with Crippen molar-refractivity contribution >= 4 is 38.7 Å². The summed E-state index contributed by atoms with van der Waals surface area (Å²) in [4.78, 5) is 17.5. The summed E-state index contributed by atoms with van der Waals surface area (Å²) in [5.74, 6) is -0.972. The number of nitrogens with zero attached hydrogens (tertiary/aromatic N) is 2. The zero-order valence-corrected chi connectivity index (χ0v) is 13.2. The quantitative estimate of drug-likeness (QED) is 0.856. The fourth-order valence-electron chi connectivity index (χ4n) is 2.22. The molecule has 1 aliphatic heterocycles. The Morgan fingerprint density at radius 3 is 2.81 bits per heavy atom. The van der Waals surface area contributed by atoms with Crippen LogP contribution in [0.5, 0.6) is 0 Å². The van der Waals surface area contributed by atoms with Crippen molar-refractivity contribution in [1.82, 2.24) is 9.88 Å². The first kappa shape index (κ1) is 14.5. The Bertz CT molecular complexity index is 788. The number of hydrogen-bond acceptors (Lipinski definition) is 5. The van der Waals surface area contributed by atoms with E-state index in [1.165, 1.54) is 11.1 Å². The van der Waals surface area contributed by atoms with Gasteiger partial charge in [-0.05, 0) is 23.3 Å². The number of fused-ring (bicyclic) bond motifs is 1. The van der Waals surface area contributed by atoms with Crippen molar-refractivity contribution in [3.05, 3.63) is 45.9 Å². The molecule has 0 fully saturated rings. The minimum absolute atomic E-state index is 0.0180. The summed E-state index contributed by atoms with van der Waals surface area (Å²) in [5, 5.41) is 2.18. The number of thiazole rings is 1. The second kappa shape index (κ2) is 5.40. The molecule has 110 valence electrons. The van der Waals surface area contributed by atoms with Crippen LogP contribution in [0.4, 0.5) is 0 Å². The topological polar surface area (TPSA) is 67.3 Å². The molecular weight excluding hydrogens is 332 g/mol. The highest BCUT2D eigenvalue weighted by molar-refractivity contribution is 7.93. The van der Waals surface area contributed by atoms with Gasteiger partial charge >= 0.3 is 0 Å². The van der Waals surface area contributed by atoms with E-state index in [4.69, 9.17) is 11.6 Å². The largest absolute Gasteiger partial charge is 0.333 e. The van der Waals surface area contributed by atoms with Crippen molar-refractivity contribution in [2.45, 2.75) is 17.4 Å². The van der Waals surface area contributed by atoms with E-state index in [1.807, 2.05) is 6.07 Å². The minimum atomic E-state index is -3.66. The minimum Gasteiger partial charge on any atom is -0.333 e. The van der Waals surface area contributed by atoms with Crippen molar-refractivity contribution in [3.8, 4) is 0 Å². The van der Waals surface area contributed by atoms with E-state index >= 15 is 0 Å². The van der Waals surface area contributed by atoms with Crippen LogP contribution in [0.25, 0.3) is 0 Å². The molecule has 1 aliphatic rings. The van der Waals surface area contributed by atoms with Crippen molar-refractivity contribution in [2.75, 3.05) is 5.75 Å². The van der Waals surface area contributed by atoms with Gasteiger partial charge in [-0.15, -0.1) is 11.3 Å². The number of halogens is 1. The number of aromatic nitrogens is 1. The number of rotatable bonds is 3. The molecule has 0 saturated carbocycles. The summed E-state index contributed by atoms with van der Waals surface area (Å²) in [6.45, 7) is 0.806. The Balaban J connectivity index is 1.74. The maximum Gasteiger partial charge on any atom is 0.238 e. The lowest BCUT2D eigenvalue weighted by atomic mass is 10.1. The van der Waals surface area contributed by atoms with E-state index in [2.05, 4.69) is 4.98 Å². The van der Waals surface area contributed by atoms with Crippen molar-refractivity contribution in [1.29, 1.82) is 0 Å².